The van der Waals surface area contributed by atoms with Crippen LogP contribution in [0.3, 0.4) is 0 Å². The first kappa shape index (κ1) is 16.2. The summed E-state index contributed by atoms with van der Waals surface area (Å²) in [5.41, 5.74) is 2.35. The van der Waals surface area contributed by atoms with E-state index in [0.717, 1.165) is 5.56 Å². The molecule has 1 rings (SSSR count). The van der Waals surface area contributed by atoms with E-state index in [2.05, 4.69) is 32.9 Å². The molecule has 1 amide bonds. The Balaban J connectivity index is 2.74. The molecule has 0 saturated carbocycles. The van der Waals surface area contributed by atoms with E-state index in [1.807, 2.05) is 12.1 Å². The molecule has 1 aromatic carbocycles. The van der Waals surface area contributed by atoms with Crippen molar-refractivity contribution in [3.63, 3.8) is 0 Å². The number of carboxylic acid groups (broad SMARTS) is 1. The van der Waals surface area contributed by atoms with Crippen molar-refractivity contribution in [1.29, 1.82) is 0 Å². The molecule has 0 aliphatic carbocycles. The van der Waals surface area contributed by atoms with E-state index in [4.69, 9.17) is 5.11 Å². The second-order valence-corrected chi connectivity index (χ2v) is 6.03. The third-order valence-corrected chi connectivity index (χ3v) is 3.23. The van der Waals surface area contributed by atoms with Crippen molar-refractivity contribution in [3.05, 3.63) is 35.4 Å². The van der Waals surface area contributed by atoms with Crippen LogP contribution in [0.1, 0.15) is 45.2 Å². The van der Waals surface area contributed by atoms with Gasteiger partial charge in [0.2, 0.25) is 5.91 Å². The zero-order chi connectivity index (χ0) is 15.3. The SMILES string of the molecule is CC(=O)N(CCC(=O)O)Cc1ccc(C(C)(C)C)cc1. The topological polar surface area (TPSA) is 57.6 Å². The van der Waals surface area contributed by atoms with Crippen LogP contribution in [0.2, 0.25) is 0 Å². The lowest BCUT2D eigenvalue weighted by Gasteiger charge is -2.22. The molecule has 4 heteroatoms. The number of amides is 1. The molecule has 1 aromatic rings. The number of aliphatic carboxylic acids is 1. The molecule has 0 spiro atoms. The van der Waals surface area contributed by atoms with Crippen LogP contribution in [0, 0.1) is 0 Å². The molecule has 0 unspecified atom stereocenters. The number of benzene rings is 1. The summed E-state index contributed by atoms with van der Waals surface area (Å²) >= 11 is 0. The van der Waals surface area contributed by atoms with Crippen LogP contribution in [-0.2, 0) is 21.5 Å². The van der Waals surface area contributed by atoms with Crippen LogP contribution in [0.4, 0.5) is 0 Å². The standard InChI is InChI=1S/C16H23NO3/c1-12(18)17(10-9-15(19)20)11-13-5-7-14(8-6-13)16(2,3)4/h5-8H,9-11H2,1-4H3,(H,19,20). The summed E-state index contributed by atoms with van der Waals surface area (Å²) in [5, 5.41) is 8.70. The summed E-state index contributed by atoms with van der Waals surface area (Å²) < 4.78 is 0. The van der Waals surface area contributed by atoms with Gasteiger partial charge in [-0.1, -0.05) is 45.0 Å². The number of carbonyl (C=O) groups is 2. The molecular weight excluding hydrogens is 254 g/mol. The van der Waals surface area contributed by atoms with Gasteiger partial charge in [-0.3, -0.25) is 9.59 Å². The Kier molecular flexibility index (Phi) is 5.31. The smallest absolute Gasteiger partial charge is 0.305 e. The van der Waals surface area contributed by atoms with E-state index in [9.17, 15) is 9.59 Å². The fraction of sp³-hybridized carbons (Fsp3) is 0.500. The van der Waals surface area contributed by atoms with Crippen LogP contribution >= 0.6 is 0 Å². The third kappa shape index (κ3) is 5.03. The highest BCUT2D eigenvalue weighted by atomic mass is 16.4. The molecule has 0 saturated heterocycles. The summed E-state index contributed by atoms with van der Waals surface area (Å²) in [6.07, 6.45) is -0.0281. The Labute approximate surface area is 120 Å². The van der Waals surface area contributed by atoms with Crippen LogP contribution in [0.15, 0.2) is 24.3 Å². The van der Waals surface area contributed by atoms with Gasteiger partial charge in [0, 0.05) is 20.0 Å². The maximum Gasteiger partial charge on any atom is 0.305 e. The highest BCUT2D eigenvalue weighted by Gasteiger charge is 2.14. The average molecular weight is 277 g/mol. The lowest BCUT2D eigenvalue weighted by molar-refractivity contribution is -0.138. The largest absolute Gasteiger partial charge is 0.481 e. The molecular formula is C16H23NO3. The minimum absolute atomic E-state index is 0.0281. The van der Waals surface area contributed by atoms with Crippen molar-refractivity contribution in [1.82, 2.24) is 4.90 Å². The first-order valence-corrected chi connectivity index (χ1v) is 6.77. The van der Waals surface area contributed by atoms with E-state index in [0.29, 0.717) is 6.54 Å². The summed E-state index contributed by atoms with van der Waals surface area (Å²) in [7, 11) is 0. The summed E-state index contributed by atoms with van der Waals surface area (Å²) in [4.78, 5) is 23.7. The highest BCUT2D eigenvalue weighted by Crippen LogP contribution is 2.22. The number of nitrogens with zero attached hydrogens (tertiary/aromatic N) is 1. The Bertz CT molecular complexity index is 471. The van der Waals surface area contributed by atoms with Crippen molar-refractivity contribution < 1.29 is 14.7 Å². The predicted octanol–water partition coefficient (Wildman–Crippen LogP) is 2.81. The van der Waals surface area contributed by atoms with Crippen molar-refractivity contribution in [2.75, 3.05) is 6.54 Å². The second kappa shape index (κ2) is 6.55. The lowest BCUT2D eigenvalue weighted by Crippen LogP contribution is -2.30. The molecule has 0 aromatic heterocycles. The minimum Gasteiger partial charge on any atom is -0.481 e. The van der Waals surface area contributed by atoms with Gasteiger partial charge in [0.1, 0.15) is 0 Å². The van der Waals surface area contributed by atoms with Crippen LogP contribution in [0.25, 0.3) is 0 Å². The fourth-order valence-electron chi connectivity index (χ4n) is 1.91. The van der Waals surface area contributed by atoms with Gasteiger partial charge in [-0.2, -0.15) is 0 Å². The first-order chi connectivity index (χ1) is 9.20. The summed E-state index contributed by atoms with van der Waals surface area (Å²) in [6, 6.07) is 8.12. The van der Waals surface area contributed by atoms with Gasteiger partial charge < -0.3 is 10.0 Å². The van der Waals surface area contributed by atoms with Gasteiger partial charge in [-0.15, -0.1) is 0 Å². The predicted molar refractivity (Wildman–Crippen MR) is 78.5 cm³/mol. The van der Waals surface area contributed by atoms with Crippen molar-refractivity contribution >= 4 is 11.9 Å². The number of hydrogen-bond acceptors (Lipinski definition) is 2. The quantitative estimate of drug-likeness (QED) is 0.900. The molecule has 0 radical (unpaired) electrons. The number of carboxylic acids is 1. The molecule has 110 valence electrons. The molecule has 1 N–H and O–H groups in total. The lowest BCUT2D eigenvalue weighted by atomic mass is 9.87. The molecule has 0 heterocycles. The maximum absolute atomic E-state index is 11.5. The van der Waals surface area contributed by atoms with Gasteiger partial charge in [0.05, 0.1) is 6.42 Å². The van der Waals surface area contributed by atoms with Gasteiger partial charge in [-0.05, 0) is 16.5 Å². The third-order valence-electron chi connectivity index (χ3n) is 3.23. The molecule has 0 aliphatic heterocycles. The normalized spacial score (nSPS) is 11.2. The van der Waals surface area contributed by atoms with Gasteiger partial charge >= 0.3 is 5.97 Å². The van der Waals surface area contributed by atoms with E-state index < -0.39 is 5.97 Å². The molecule has 0 atom stereocenters. The van der Waals surface area contributed by atoms with Gasteiger partial charge in [-0.25, -0.2) is 0 Å². The molecule has 0 aliphatic rings. The zero-order valence-electron chi connectivity index (χ0n) is 12.6. The number of rotatable bonds is 5. The Hall–Kier alpha value is -1.84. The first-order valence-electron chi connectivity index (χ1n) is 6.77. The summed E-state index contributed by atoms with van der Waals surface area (Å²) in [6.45, 7) is 8.61. The Morgan fingerprint density at radius 3 is 2.10 bits per heavy atom. The molecule has 0 fully saturated rings. The van der Waals surface area contributed by atoms with Gasteiger partial charge in [0.25, 0.3) is 0 Å². The van der Waals surface area contributed by atoms with E-state index in [1.54, 1.807) is 4.90 Å². The van der Waals surface area contributed by atoms with Gasteiger partial charge in [0.15, 0.2) is 0 Å². The average Bonchev–Trinajstić information content (AvgIpc) is 2.33. The maximum atomic E-state index is 11.5. The Morgan fingerprint density at radius 1 is 1.15 bits per heavy atom. The van der Waals surface area contributed by atoms with Crippen molar-refractivity contribution in [3.8, 4) is 0 Å². The molecule has 0 bridgehead atoms. The fourth-order valence-corrected chi connectivity index (χ4v) is 1.91. The second-order valence-electron chi connectivity index (χ2n) is 6.03. The van der Waals surface area contributed by atoms with Crippen LogP contribution in [-0.4, -0.2) is 28.4 Å². The zero-order valence-corrected chi connectivity index (χ0v) is 12.6. The minimum atomic E-state index is -0.890. The Morgan fingerprint density at radius 2 is 1.70 bits per heavy atom. The van der Waals surface area contributed by atoms with Crippen LogP contribution in [0.5, 0.6) is 0 Å². The highest BCUT2D eigenvalue weighted by molar-refractivity contribution is 5.74. The monoisotopic (exact) mass is 277 g/mol. The van der Waals surface area contributed by atoms with Crippen molar-refractivity contribution in [2.45, 2.75) is 46.1 Å². The summed E-state index contributed by atoms with van der Waals surface area (Å²) in [5.74, 6) is -0.995. The van der Waals surface area contributed by atoms with Crippen molar-refractivity contribution in [2.24, 2.45) is 0 Å². The van der Waals surface area contributed by atoms with Crippen LogP contribution < -0.4 is 0 Å². The number of hydrogen-bond donors (Lipinski definition) is 1. The molecule has 4 nitrogen and oxygen atoms in total. The van der Waals surface area contributed by atoms with E-state index in [1.165, 1.54) is 12.5 Å². The number of carbonyl (C=O) groups excluding carboxylic acids is 1. The van der Waals surface area contributed by atoms with E-state index >= 15 is 0 Å². The van der Waals surface area contributed by atoms with E-state index in [-0.39, 0.29) is 24.3 Å². The molecule has 20 heavy (non-hydrogen) atoms.